The number of esters is 1. The van der Waals surface area contributed by atoms with Gasteiger partial charge < -0.3 is 14.2 Å². The van der Waals surface area contributed by atoms with Gasteiger partial charge in [0.05, 0.1) is 24.0 Å². The van der Waals surface area contributed by atoms with E-state index in [4.69, 9.17) is 21.1 Å². The Bertz CT molecular complexity index is 1450. The van der Waals surface area contributed by atoms with Crippen molar-refractivity contribution in [1.82, 2.24) is 14.6 Å². The van der Waals surface area contributed by atoms with E-state index in [2.05, 4.69) is 14.8 Å². The predicted molar refractivity (Wildman–Crippen MR) is 134 cm³/mol. The quantitative estimate of drug-likeness (QED) is 0.226. The van der Waals surface area contributed by atoms with Crippen LogP contribution in [-0.4, -0.2) is 39.9 Å². The summed E-state index contributed by atoms with van der Waals surface area (Å²) in [6.45, 7) is 1.02. The molecule has 5 rings (SSSR count). The summed E-state index contributed by atoms with van der Waals surface area (Å²) in [6.07, 6.45) is 3.45. The molecule has 0 spiro atoms. The number of benzene rings is 2. The van der Waals surface area contributed by atoms with Gasteiger partial charge in [-0.1, -0.05) is 23.7 Å². The standard InChI is InChI=1S/C27H24ClF2N3O4/c1-15(2)36-26(34)19-5-3-4-18(12-19)24-23(28)25-31-11-10-20(33(25)32-24)17-8-9-21(37-27(29)30)22(13-17)35-14-16-6-7-16/h3-5,8-13,15-16,27H,6-7,14H2,1-2H3. The fraction of sp³-hybridized carbons (Fsp3) is 0.296. The van der Waals surface area contributed by atoms with Gasteiger partial charge in [-0.2, -0.15) is 13.9 Å². The van der Waals surface area contributed by atoms with Crippen molar-refractivity contribution in [1.29, 1.82) is 0 Å². The minimum atomic E-state index is -2.97. The average Bonchev–Trinajstić information content (AvgIpc) is 3.64. The van der Waals surface area contributed by atoms with Crippen LogP contribution in [0.15, 0.2) is 54.7 Å². The normalized spacial score (nSPS) is 13.4. The molecule has 2 aromatic heterocycles. The van der Waals surface area contributed by atoms with Gasteiger partial charge in [0.25, 0.3) is 0 Å². The fourth-order valence-corrected chi connectivity index (χ4v) is 4.14. The van der Waals surface area contributed by atoms with E-state index in [1.54, 1.807) is 67.0 Å². The van der Waals surface area contributed by atoms with E-state index in [1.165, 1.54) is 6.07 Å². The minimum Gasteiger partial charge on any atom is -0.489 e. The van der Waals surface area contributed by atoms with Crippen molar-refractivity contribution in [2.45, 2.75) is 39.4 Å². The number of fused-ring (bicyclic) bond motifs is 1. The van der Waals surface area contributed by atoms with Crippen molar-refractivity contribution in [3.8, 4) is 34.0 Å². The number of alkyl halides is 2. The van der Waals surface area contributed by atoms with Crippen LogP contribution in [0, 0.1) is 5.92 Å². The third kappa shape index (κ3) is 5.51. The van der Waals surface area contributed by atoms with Crippen LogP contribution in [0.1, 0.15) is 37.0 Å². The van der Waals surface area contributed by atoms with Crippen molar-refractivity contribution in [3.05, 3.63) is 65.3 Å². The number of carbonyl (C=O) groups excluding carboxylic acids is 1. The molecular weight excluding hydrogens is 504 g/mol. The Morgan fingerprint density at radius 1 is 1.11 bits per heavy atom. The Morgan fingerprint density at radius 3 is 2.65 bits per heavy atom. The zero-order chi connectivity index (χ0) is 26.1. The van der Waals surface area contributed by atoms with Crippen LogP contribution in [0.25, 0.3) is 28.2 Å². The average molecular weight is 528 g/mol. The number of carbonyl (C=O) groups is 1. The monoisotopic (exact) mass is 527 g/mol. The lowest BCUT2D eigenvalue weighted by molar-refractivity contribution is -0.0515. The van der Waals surface area contributed by atoms with Gasteiger partial charge in [-0.15, -0.1) is 0 Å². The van der Waals surface area contributed by atoms with Gasteiger partial charge in [0, 0.05) is 17.3 Å². The highest BCUT2D eigenvalue weighted by atomic mass is 35.5. The van der Waals surface area contributed by atoms with Crippen LogP contribution >= 0.6 is 11.6 Å². The number of hydrogen-bond acceptors (Lipinski definition) is 6. The number of nitrogens with zero attached hydrogens (tertiary/aromatic N) is 3. The summed E-state index contributed by atoms with van der Waals surface area (Å²) in [7, 11) is 0. The third-order valence-electron chi connectivity index (χ3n) is 5.80. The lowest BCUT2D eigenvalue weighted by Gasteiger charge is -2.14. The van der Waals surface area contributed by atoms with Crippen LogP contribution in [0.5, 0.6) is 11.5 Å². The van der Waals surface area contributed by atoms with Crippen molar-refractivity contribution >= 4 is 23.2 Å². The van der Waals surface area contributed by atoms with Crippen molar-refractivity contribution in [2.24, 2.45) is 5.92 Å². The maximum absolute atomic E-state index is 12.9. The second kappa shape index (κ2) is 10.3. The molecule has 1 aliphatic rings. The molecule has 0 saturated heterocycles. The van der Waals surface area contributed by atoms with E-state index in [9.17, 15) is 13.6 Å². The number of hydrogen-bond donors (Lipinski definition) is 0. The zero-order valence-electron chi connectivity index (χ0n) is 20.2. The van der Waals surface area contributed by atoms with E-state index >= 15 is 0 Å². The van der Waals surface area contributed by atoms with Gasteiger partial charge in [-0.25, -0.2) is 14.3 Å². The van der Waals surface area contributed by atoms with Gasteiger partial charge in [0.1, 0.15) is 10.7 Å². The first-order chi connectivity index (χ1) is 17.8. The number of halogens is 3. The fourth-order valence-electron chi connectivity index (χ4n) is 3.86. The number of aromatic nitrogens is 3. The van der Waals surface area contributed by atoms with Crippen LogP contribution in [0.2, 0.25) is 5.02 Å². The molecule has 2 heterocycles. The largest absolute Gasteiger partial charge is 0.489 e. The molecule has 0 N–H and O–H groups in total. The summed E-state index contributed by atoms with van der Waals surface area (Å²) in [4.78, 5) is 16.8. The Kier molecular flexibility index (Phi) is 6.97. The molecule has 0 radical (unpaired) electrons. The van der Waals surface area contributed by atoms with Crippen LogP contribution in [0.3, 0.4) is 0 Å². The number of ether oxygens (including phenoxy) is 3. The highest BCUT2D eigenvalue weighted by Gasteiger charge is 2.24. The molecule has 2 aromatic carbocycles. The van der Waals surface area contributed by atoms with Crippen molar-refractivity contribution in [2.75, 3.05) is 6.61 Å². The highest BCUT2D eigenvalue weighted by molar-refractivity contribution is 6.36. The van der Waals surface area contributed by atoms with Crippen molar-refractivity contribution in [3.63, 3.8) is 0 Å². The second-order valence-corrected chi connectivity index (χ2v) is 9.44. The minimum absolute atomic E-state index is 0.0333. The molecule has 0 amide bonds. The van der Waals surface area contributed by atoms with Gasteiger partial charge in [0.15, 0.2) is 17.1 Å². The first kappa shape index (κ1) is 25.0. The summed E-state index contributed by atoms with van der Waals surface area (Å²) in [5.41, 5.74) is 3.10. The topological polar surface area (TPSA) is 75.0 Å². The second-order valence-electron chi connectivity index (χ2n) is 9.06. The summed E-state index contributed by atoms with van der Waals surface area (Å²) in [6, 6.07) is 13.3. The first-order valence-electron chi connectivity index (χ1n) is 11.9. The van der Waals surface area contributed by atoms with Gasteiger partial charge in [-0.3, -0.25) is 0 Å². The molecule has 0 bridgehead atoms. The molecular formula is C27H24ClF2N3O4. The van der Waals surface area contributed by atoms with E-state index in [0.29, 0.717) is 51.3 Å². The molecule has 1 fully saturated rings. The summed E-state index contributed by atoms with van der Waals surface area (Å²) >= 11 is 6.68. The molecule has 192 valence electrons. The smallest absolute Gasteiger partial charge is 0.387 e. The Hall–Kier alpha value is -3.72. The Labute approximate surface area is 216 Å². The van der Waals surface area contributed by atoms with Crippen LogP contribution in [-0.2, 0) is 4.74 Å². The molecule has 7 nitrogen and oxygen atoms in total. The van der Waals surface area contributed by atoms with Crippen LogP contribution in [0.4, 0.5) is 8.78 Å². The highest BCUT2D eigenvalue weighted by Crippen LogP contribution is 2.38. The third-order valence-corrected chi connectivity index (χ3v) is 6.15. The maximum atomic E-state index is 12.9. The lowest BCUT2D eigenvalue weighted by atomic mass is 10.1. The summed E-state index contributed by atoms with van der Waals surface area (Å²) in [5, 5.41) is 4.99. The molecule has 0 aliphatic heterocycles. The summed E-state index contributed by atoms with van der Waals surface area (Å²) in [5.74, 6) is 0.177. The van der Waals surface area contributed by atoms with E-state index < -0.39 is 12.6 Å². The van der Waals surface area contributed by atoms with E-state index in [0.717, 1.165) is 12.8 Å². The number of rotatable bonds is 9. The predicted octanol–water partition coefficient (Wildman–Crippen LogP) is 6.67. The van der Waals surface area contributed by atoms with E-state index in [-0.39, 0.29) is 17.6 Å². The molecule has 10 heteroatoms. The van der Waals surface area contributed by atoms with Gasteiger partial charge in [-0.05, 0) is 69.0 Å². The molecule has 0 atom stereocenters. The molecule has 1 aliphatic carbocycles. The Balaban J connectivity index is 1.54. The molecule has 1 saturated carbocycles. The van der Waals surface area contributed by atoms with E-state index in [1.807, 2.05) is 0 Å². The lowest BCUT2D eigenvalue weighted by Crippen LogP contribution is -2.11. The molecule has 0 unspecified atom stereocenters. The SMILES string of the molecule is CC(C)OC(=O)c1cccc(-c2nn3c(-c4ccc(OC(F)F)c(OCC5CC5)c4)ccnc3c2Cl)c1. The zero-order valence-corrected chi connectivity index (χ0v) is 20.9. The molecule has 37 heavy (non-hydrogen) atoms. The van der Waals surface area contributed by atoms with Gasteiger partial charge in [0.2, 0.25) is 0 Å². The Morgan fingerprint density at radius 2 is 1.92 bits per heavy atom. The maximum Gasteiger partial charge on any atom is 0.387 e. The summed E-state index contributed by atoms with van der Waals surface area (Å²) < 4.78 is 43.3. The first-order valence-corrected chi connectivity index (χ1v) is 12.2. The molecule has 4 aromatic rings. The van der Waals surface area contributed by atoms with Crippen LogP contribution < -0.4 is 9.47 Å². The van der Waals surface area contributed by atoms with Gasteiger partial charge >= 0.3 is 12.6 Å². The van der Waals surface area contributed by atoms with Crippen molar-refractivity contribution < 1.29 is 27.8 Å².